The second kappa shape index (κ2) is 7.74. The van der Waals surface area contributed by atoms with E-state index < -0.39 is 17.3 Å². The van der Waals surface area contributed by atoms with Gasteiger partial charge in [0.2, 0.25) is 0 Å². The Morgan fingerprint density at radius 1 is 1.27 bits per heavy atom. The molecule has 7 heteroatoms. The third-order valence-electron chi connectivity index (χ3n) is 3.59. The van der Waals surface area contributed by atoms with Crippen LogP contribution in [0.4, 0.5) is 4.39 Å². The van der Waals surface area contributed by atoms with Crippen LogP contribution in [0.2, 0.25) is 0 Å². The SMILES string of the molecule is CC(C)(C#N)NC(=O)c1cc(CC(=O)Cc2cc(F)ccc2O)ccn1. The molecule has 1 amide bonds. The molecule has 0 radical (unpaired) electrons. The molecule has 6 nitrogen and oxygen atoms in total. The van der Waals surface area contributed by atoms with Gasteiger partial charge in [0.1, 0.15) is 28.6 Å². The van der Waals surface area contributed by atoms with E-state index in [1.54, 1.807) is 19.9 Å². The standard InChI is InChI=1S/C19H18FN3O3/c1-19(2,11-21)23-18(26)16-8-12(5-6-22-16)7-15(24)10-13-9-14(20)3-4-17(13)25/h3-6,8-9,25H,7,10H2,1-2H3,(H,23,26). The van der Waals surface area contributed by atoms with Crippen molar-refractivity contribution in [3.8, 4) is 11.8 Å². The molecule has 2 N–H and O–H groups in total. The zero-order chi connectivity index (χ0) is 19.3. The van der Waals surface area contributed by atoms with Crippen molar-refractivity contribution in [3.63, 3.8) is 0 Å². The number of benzene rings is 1. The maximum absolute atomic E-state index is 13.2. The fraction of sp³-hybridized carbons (Fsp3) is 0.263. The second-order valence-corrected chi connectivity index (χ2v) is 6.41. The van der Waals surface area contributed by atoms with Gasteiger partial charge in [0.05, 0.1) is 6.07 Å². The lowest BCUT2D eigenvalue weighted by atomic mass is 10.0. The van der Waals surface area contributed by atoms with Gasteiger partial charge in [-0.25, -0.2) is 4.39 Å². The normalized spacial score (nSPS) is 10.8. The van der Waals surface area contributed by atoms with E-state index in [0.29, 0.717) is 5.56 Å². The number of ketones is 1. The average Bonchev–Trinajstić information content (AvgIpc) is 2.58. The van der Waals surface area contributed by atoms with Crippen molar-refractivity contribution >= 4 is 11.7 Å². The summed E-state index contributed by atoms with van der Waals surface area (Å²) in [6.45, 7) is 3.12. The highest BCUT2D eigenvalue weighted by atomic mass is 19.1. The third-order valence-corrected chi connectivity index (χ3v) is 3.59. The maximum Gasteiger partial charge on any atom is 0.271 e. The first kappa shape index (κ1) is 19.1. The lowest BCUT2D eigenvalue weighted by Gasteiger charge is -2.17. The number of aromatic hydroxyl groups is 1. The Morgan fingerprint density at radius 2 is 2.00 bits per heavy atom. The zero-order valence-electron chi connectivity index (χ0n) is 14.4. The summed E-state index contributed by atoms with van der Waals surface area (Å²) < 4.78 is 13.2. The number of phenols is 1. The molecule has 2 rings (SSSR count). The van der Waals surface area contributed by atoms with Gasteiger partial charge >= 0.3 is 0 Å². The zero-order valence-corrected chi connectivity index (χ0v) is 14.4. The summed E-state index contributed by atoms with van der Waals surface area (Å²) in [5, 5.41) is 21.2. The van der Waals surface area contributed by atoms with E-state index in [-0.39, 0.29) is 35.6 Å². The topological polar surface area (TPSA) is 103 Å². The molecule has 0 aliphatic heterocycles. The van der Waals surface area contributed by atoms with Gasteiger partial charge in [-0.05, 0) is 49.7 Å². The van der Waals surface area contributed by atoms with Crippen LogP contribution < -0.4 is 5.32 Å². The number of halogens is 1. The quantitative estimate of drug-likeness (QED) is 0.828. The molecule has 0 aliphatic rings. The smallest absolute Gasteiger partial charge is 0.271 e. The fourth-order valence-electron chi connectivity index (χ4n) is 2.28. The van der Waals surface area contributed by atoms with Gasteiger partial charge in [-0.15, -0.1) is 0 Å². The minimum Gasteiger partial charge on any atom is -0.508 e. The Labute approximate surface area is 150 Å². The Morgan fingerprint density at radius 3 is 2.69 bits per heavy atom. The van der Waals surface area contributed by atoms with Crippen molar-refractivity contribution in [3.05, 3.63) is 59.2 Å². The Bertz CT molecular complexity index is 888. The van der Waals surface area contributed by atoms with Crippen LogP contribution in [0, 0.1) is 17.1 Å². The number of carbonyl (C=O) groups is 2. The van der Waals surface area contributed by atoms with Crippen molar-refractivity contribution in [2.45, 2.75) is 32.2 Å². The molecular weight excluding hydrogens is 337 g/mol. The highest BCUT2D eigenvalue weighted by Gasteiger charge is 2.21. The molecule has 1 aromatic carbocycles. The summed E-state index contributed by atoms with van der Waals surface area (Å²) in [4.78, 5) is 28.3. The highest BCUT2D eigenvalue weighted by Crippen LogP contribution is 2.19. The lowest BCUT2D eigenvalue weighted by molar-refractivity contribution is -0.117. The van der Waals surface area contributed by atoms with Crippen molar-refractivity contribution in [2.75, 3.05) is 0 Å². The van der Waals surface area contributed by atoms with E-state index >= 15 is 0 Å². The van der Waals surface area contributed by atoms with Gasteiger partial charge in [-0.1, -0.05) is 0 Å². The van der Waals surface area contributed by atoms with Crippen LogP contribution in [-0.2, 0) is 17.6 Å². The predicted molar refractivity (Wildman–Crippen MR) is 91.9 cm³/mol. The number of nitrogens with one attached hydrogen (secondary N) is 1. The van der Waals surface area contributed by atoms with Crippen molar-refractivity contribution in [2.24, 2.45) is 0 Å². The van der Waals surface area contributed by atoms with Gasteiger partial charge in [0, 0.05) is 24.6 Å². The Balaban J connectivity index is 2.08. The molecule has 0 saturated carbocycles. The molecule has 0 atom stereocenters. The molecule has 2 aromatic rings. The first-order valence-corrected chi connectivity index (χ1v) is 7.88. The number of Topliss-reactive ketones (excluding diaryl/α,β-unsaturated/α-hetero) is 1. The number of aromatic nitrogens is 1. The minimum atomic E-state index is -1.04. The van der Waals surface area contributed by atoms with Crippen LogP contribution in [0.3, 0.4) is 0 Å². The van der Waals surface area contributed by atoms with E-state index in [1.807, 2.05) is 6.07 Å². The van der Waals surface area contributed by atoms with Gasteiger partial charge < -0.3 is 10.4 Å². The van der Waals surface area contributed by atoms with Crippen LogP contribution in [0.5, 0.6) is 5.75 Å². The summed E-state index contributed by atoms with van der Waals surface area (Å²) in [5.41, 5.74) is -0.190. The fourth-order valence-corrected chi connectivity index (χ4v) is 2.28. The van der Waals surface area contributed by atoms with E-state index in [0.717, 1.165) is 12.1 Å². The van der Waals surface area contributed by atoms with Crippen LogP contribution in [-0.4, -0.2) is 27.3 Å². The molecule has 0 spiro atoms. The van der Waals surface area contributed by atoms with Gasteiger partial charge in [-0.2, -0.15) is 5.26 Å². The van der Waals surface area contributed by atoms with Crippen LogP contribution in [0.25, 0.3) is 0 Å². The molecule has 1 heterocycles. The summed E-state index contributed by atoms with van der Waals surface area (Å²) in [5.74, 6) is -1.45. The number of pyridine rings is 1. The largest absolute Gasteiger partial charge is 0.508 e. The number of rotatable bonds is 6. The molecule has 1 aromatic heterocycles. The van der Waals surface area contributed by atoms with E-state index in [1.165, 1.54) is 18.3 Å². The number of hydrogen-bond donors (Lipinski definition) is 2. The summed E-state index contributed by atoms with van der Waals surface area (Å²) in [6.07, 6.45) is 1.27. The minimum absolute atomic E-state index is 0.000393. The van der Waals surface area contributed by atoms with Crippen LogP contribution in [0.1, 0.15) is 35.5 Å². The number of nitrogens with zero attached hydrogens (tertiary/aromatic N) is 2. The monoisotopic (exact) mass is 355 g/mol. The number of phenolic OH excluding ortho intramolecular Hbond substituents is 1. The van der Waals surface area contributed by atoms with Crippen molar-refractivity contribution < 1.29 is 19.1 Å². The van der Waals surface area contributed by atoms with Crippen molar-refractivity contribution in [1.82, 2.24) is 10.3 Å². The molecule has 0 saturated heterocycles. The van der Waals surface area contributed by atoms with E-state index in [4.69, 9.17) is 5.26 Å². The molecule has 0 fully saturated rings. The number of amides is 1. The molecular formula is C19H18FN3O3. The Kier molecular flexibility index (Phi) is 5.68. The summed E-state index contributed by atoms with van der Waals surface area (Å²) in [7, 11) is 0. The Hall–Kier alpha value is -3.27. The predicted octanol–water partition coefficient (Wildman–Crippen LogP) is 2.31. The van der Waals surface area contributed by atoms with Crippen molar-refractivity contribution in [1.29, 1.82) is 5.26 Å². The van der Waals surface area contributed by atoms with Crippen LogP contribution >= 0.6 is 0 Å². The van der Waals surface area contributed by atoms with Gasteiger partial charge in [-0.3, -0.25) is 14.6 Å². The molecule has 26 heavy (non-hydrogen) atoms. The molecule has 0 aliphatic carbocycles. The summed E-state index contributed by atoms with van der Waals surface area (Å²) >= 11 is 0. The highest BCUT2D eigenvalue weighted by molar-refractivity contribution is 5.93. The third kappa shape index (κ3) is 5.11. The number of carbonyl (C=O) groups excluding carboxylic acids is 2. The lowest BCUT2D eigenvalue weighted by Crippen LogP contribution is -2.42. The first-order valence-electron chi connectivity index (χ1n) is 7.88. The first-order chi connectivity index (χ1) is 12.2. The molecule has 0 bridgehead atoms. The summed E-state index contributed by atoms with van der Waals surface area (Å²) in [6, 6.07) is 8.44. The number of hydrogen-bond acceptors (Lipinski definition) is 5. The molecule has 0 unspecified atom stereocenters. The maximum atomic E-state index is 13.2. The van der Waals surface area contributed by atoms with E-state index in [9.17, 15) is 19.1 Å². The average molecular weight is 355 g/mol. The van der Waals surface area contributed by atoms with Gasteiger partial charge in [0.25, 0.3) is 5.91 Å². The second-order valence-electron chi connectivity index (χ2n) is 6.41. The number of nitriles is 1. The molecule has 134 valence electrons. The van der Waals surface area contributed by atoms with E-state index in [2.05, 4.69) is 10.3 Å². The van der Waals surface area contributed by atoms with Gasteiger partial charge in [0.15, 0.2) is 0 Å². The van der Waals surface area contributed by atoms with Crippen LogP contribution in [0.15, 0.2) is 36.5 Å².